The molecule has 0 amide bonds. The quantitative estimate of drug-likeness (QED) is 0.144. The molecular weight excluding hydrogens is 418 g/mol. The number of methoxy groups -OCH3 is 2. The number of rotatable bonds is 9. The summed E-state index contributed by atoms with van der Waals surface area (Å²) < 4.78 is 16.1. The van der Waals surface area contributed by atoms with Gasteiger partial charge in [-0.3, -0.25) is 0 Å². The summed E-state index contributed by atoms with van der Waals surface area (Å²) in [5.74, 6) is 0.951. The highest BCUT2D eigenvalue weighted by atomic mass is 16.6. The van der Waals surface area contributed by atoms with Crippen LogP contribution in [0.4, 0.5) is 0 Å². The first-order chi connectivity index (χ1) is 16.0. The van der Waals surface area contributed by atoms with E-state index in [1.165, 1.54) is 20.5 Å². The second kappa shape index (κ2) is 11.5. The first-order valence-electron chi connectivity index (χ1n) is 10.4. The summed E-state index contributed by atoms with van der Waals surface area (Å²) in [6.45, 7) is 4.24. The summed E-state index contributed by atoms with van der Waals surface area (Å²) in [5, 5.41) is 4.08. The van der Waals surface area contributed by atoms with Crippen LogP contribution in [0.15, 0.2) is 78.1 Å². The molecule has 3 aromatic carbocycles. The van der Waals surface area contributed by atoms with E-state index in [0.29, 0.717) is 16.9 Å². The van der Waals surface area contributed by atoms with E-state index >= 15 is 0 Å². The van der Waals surface area contributed by atoms with Gasteiger partial charge in [0.05, 0.1) is 26.7 Å². The number of nitrogens with zero attached hydrogens (tertiary/aromatic N) is 1. The van der Waals surface area contributed by atoms with Gasteiger partial charge in [0.1, 0.15) is 17.9 Å². The minimum atomic E-state index is -0.474. The average Bonchev–Trinajstić information content (AvgIpc) is 2.84. The summed E-state index contributed by atoms with van der Waals surface area (Å²) in [6, 6.07) is 20.9. The fraction of sp³-hybridized carbons (Fsp3) is 0.185. The molecule has 3 aromatic rings. The predicted octanol–water partition coefficient (Wildman–Crippen LogP) is 5.46. The Hall–Kier alpha value is -4.06. The van der Waals surface area contributed by atoms with E-state index in [9.17, 15) is 4.79 Å². The van der Waals surface area contributed by atoms with Crippen LogP contribution in [0, 0.1) is 13.8 Å². The van der Waals surface area contributed by atoms with Crippen molar-refractivity contribution in [1.29, 1.82) is 0 Å². The largest absolute Gasteiger partial charge is 0.503 e. The molecule has 170 valence electrons. The number of para-hydroxylation sites is 1. The van der Waals surface area contributed by atoms with Crippen LogP contribution in [0.25, 0.3) is 5.57 Å². The lowest BCUT2D eigenvalue weighted by atomic mass is 10.0. The van der Waals surface area contributed by atoms with Crippen molar-refractivity contribution < 1.29 is 23.8 Å². The van der Waals surface area contributed by atoms with E-state index in [1.807, 2.05) is 80.6 Å². The maximum absolute atomic E-state index is 12.2. The molecule has 0 aliphatic carbocycles. The molecule has 0 aliphatic heterocycles. The Morgan fingerprint density at radius 1 is 0.939 bits per heavy atom. The van der Waals surface area contributed by atoms with Crippen LogP contribution in [-0.4, -0.2) is 26.4 Å². The van der Waals surface area contributed by atoms with Gasteiger partial charge < -0.3 is 19.0 Å². The van der Waals surface area contributed by atoms with E-state index < -0.39 is 5.97 Å². The van der Waals surface area contributed by atoms with Gasteiger partial charge in [-0.05, 0) is 65.9 Å². The number of hydrogen-bond donors (Lipinski definition) is 0. The Morgan fingerprint density at radius 3 is 2.39 bits per heavy atom. The Kier molecular flexibility index (Phi) is 8.24. The minimum Gasteiger partial charge on any atom is -0.503 e. The Morgan fingerprint density at radius 2 is 1.67 bits per heavy atom. The van der Waals surface area contributed by atoms with Gasteiger partial charge in [-0.25, -0.2) is 4.79 Å². The van der Waals surface area contributed by atoms with Crippen molar-refractivity contribution in [2.24, 2.45) is 5.16 Å². The highest BCUT2D eigenvalue weighted by Gasteiger charge is 2.17. The van der Waals surface area contributed by atoms with E-state index in [0.717, 1.165) is 28.0 Å². The lowest BCUT2D eigenvalue weighted by Crippen LogP contribution is -2.08. The molecule has 0 spiro atoms. The summed E-state index contributed by atoms with van der Waals surface area (Å²) in [6.07, 6.45) is 3.07. The molecule has 0 saturated carbocycles. The van der Waals surface area contributed by atoms with Crippen LogP contribution in [0.3, 0.4) is 0 Å². The van der Waals surface area contributed by atoms with Gasteiger partial charge >= 0.3 is 5.97 Å². The van der Waals surface area contributed by atoms with Gasteiger partial charge in [0.25, 0.3) is 0 Å². The zero-order valence-electron chi connectivity index (χ0n) is 19.2. The van der Waals surface area contributed by atoms with Crippen LogP contribution in [0.5, 0.6) is 11.5 Å². The molecule has 6 nitrogen and oxygen atoms in total. The van der Waals surface area contributed by atoms with E-state index in [1.54, 1.807) is 6.21 Å². The normalized spacial score (nSPS) is 11.3. The van der Waals surface area contributed by atoms with Crippen molar-refractivity contribution in [3.05, 3.63) is 101 Å². The Labute approximate surface area is 194 Å². The van der Waals surface area contributed by atoms with Gasteiger partial charge in [0.15, 0.2) is 5.75 Å². The molecule has 0 saturated heterocycles. The second-order valence-electron chi connectivity index (χ2n) is 7.32. The van der Waals surface area contributed by atoms with E-state index in [-0.39, 0.29) is 6.61 Å². The smallest absolute Gasteiger partial charge is 0.341 e. The maximum Gasteiger partial charge on any atom is 0.341 e. The third kappa shape index (κ3) is 6.23. The number of ether oxygens (including phenoxy) is 3. The highest BCUT2D eigenvalue weighted by molar-refractivity contribution is 6.16. The molecule has 0 N–H and O–H groups in total. The SMILES string of the molecule is COC=C(C(=O)OC)c1ccccc1COc1cc(C)c(C=NOc2ccccc2)cc1C. The molecule has 0 radical (unpaired) electrons. The van der Waals surface area contributed by atoms with Crippen molar-refractivity contribution >= 4 is 17.8 Å². The average molecular weight is 446 g/mol. The lowest BCUT2D eigenvalue weighted by molar-refractivity contribution is -0.133. The van der Waals surface area contributed by atoms with Crippen LogP contribution in [0.2, 0.25) is 0 Å². The number of esters is 1. The molecule has 0 aliphatic rings. The third-order valence-electron chi connectivity index (χ3n) is 4.99. The number of carbonyl (C=O) groups is 1. The Bertz CT molecular complexity index is 1150. The van der Waals surface area contributed by atoms with Gasteiger partial charge in [-0.1, -0.05) is 47.6 Å². The van der Waals surface area contributed by atoms with Crippen molar-refractivity contribution in [2.45, 2.75) is 20.5 Å². The molecule has 0 unspecified atom stereocenters. The first kappa shape index (κ1) is 23.6. The number of benzene rings is 3. The molecule has 6 heteroatoms. The lowest BCUT2D eigenvalue weighted by Gasteiger charge is -2.15. The summed E-state index contributed by atoms with van der Waals surface area (Å²) >= 11 is 0. The molecule has 0 atom stereocenters. The molecule has 0 bridgehead atoms. The second-order valence-corrected chi connectivity index (χ2v) is 7.32. The fourth-order valence-electron chi connectivity index (χ4n) is 3.25. The molecule has 0 heterocycles. The fourth-order valence-corrected chi connectivity index (χ4v) is 3.25. The van der Waals surface area contributed by atoms with Crippen LogP contribution in [0.1, 0.15) is 27.8 Å². The zero-order valence-corrected chi connectivity index (χ0v) is 19.2. The molecule has 33 heavy (non-hydrogen) atoms. The molecule has 0 fully saturated rings. The predicted molar refractivity (Wildman–Crippen MR) is 128 cm³/mol. The molecule has 0 aromatic heterocycles. The highest BCUT2D eigenvalue weighted by Crippen LogP contribution is 2.26. The minimum absolute atomic E-state index is 0.277. The monoisotopic (exact) mass is 445 g/mol. The van der Waals surface area contributed by atoms with Crippen LogP contribution >= 0.6 is 0 Å². The van der Waals surface area contributed by atoms with Gasteiger partial charge in [-0.15, -0.1) is 0 Å². The van der Waals surface area contributed by atoms with Gasteiger partial charge in [-0.2, -0.15) is 0 Å². The number of hydrogen-bond acceptors (Lipinski definition) is 6. The standard InChI is InChI=1S/C27H27NO5/c1-19-15-26(20(2)14-22(19)16-28-33-23-11-6-5-7-12-23)32-17-21-10-8-9-13-24(21)25(18-30-3)27(29)31-4/h5-16,18H,17H2,1-4H3. The first-order valence-corrected chi connectivity index (χ1v) is 10.4. The third-order valence-corrected chi connectivity index (χ3v) is 4.99. The summed E-state index contributed by atoms with van der Waals surface area (Å²) in [7, 11) is 2.83. The zero-order chi connectivity index (χ0) is 23.6. The van der Waals surface area contributed by atoms with Crippen molar-refractivity contribution in [3.8, 4) is 11.5 Å². The number of oxime groups is 1. The van der Waals surface area contributed by atoms with Gasteiger partial charge in [0.2, 0.25) is 0 Å². The van der Waals surface area contributed by atoms with Gasteiger partial charge in [0, 0.05) is 0 Å². The summed E-state index contributed by atoms with van der Waals surface area (Å²) in [4.78, 5) is 17.6. The maximum atomic E-state index is 12.2. The Balaban J connectivity index is 1.76. The number of aryl methyl sites for hydroxylation is 2. The van der Waals surface area contributed by atoms with E-state index in [4.69, 9.17) is 19.0 Å². The molecular formula is C27H27NO5. The van der Waals surface area contributed by atoms with Crippen molar-refractivity contribution in [2.75, 3.05) is 14.2 Å². The van der Waals surface area contributed by atoms with Crippen molar-refractivity contribution in [1.82, 2.24) is 0 Å². The van der Waals surface area contributed by atoms with E-state index in [2.05, 4.69) is 5.16 Å². The van der Waals surface area contributed by atoms with Crippen molar-refractivity contribution in [3.63, 3.8) is 0 Å². The van der Waals surface area contributed by atoms with Crippen LogP contribution in [-0.2, 0) is 20.9 Å². The topological polar surface area (TPSA) is 66.4 Å². The summed E-state index contributed by atoms with van der Waals surface area (Å²) in [5.41, 5.74) is 4.76. The molecule has 3 rings (SSSR count). The van der Waals surface area contributed by atoms with Crippen LogP contribution < -0.4 is 9.57 Å². The number of carbonyl (C=O) groups excluding carboxylic acids is 1.